The zero-order valence-corrected chi connectivity index (χ0v) is 11.3. The summed E-state index contributed by atoms with van der Waals surface area (Å²) in [7, 11) is 0. The largest absolute Gasteiger partial charge is 0.370 e. The summed E-state index contributed by atoms with van der Waals surface area (Å²) < 4.78 is 27.0. The molecular formula is C16H15F2N3. The molecule has 1 aliphatic heterocycles. The van der Waals surface area contributed by atoms with Crippen LogP contribution >= 0.6 is 0 Å². The van der Waals surface area contributed by atoms with Gasteiger partial charge in [-0.1, -0.05) is 36.4 Å². The molecule has 1 unspecified atom stereocenters. The molecule has 2 aromatic carbocycles. The van der Waals surface area contributed by atoms with Crippen LogP contribution in [0.4, 0.5) is 8.78 Å². The van der Waals surface area contributed by atoms with Crippen LogP contribution in [-0.2, 0) is 6.54 Å². The third kappa shape index (κ3) is 2.72. The zero-order chi connectivity index (χ0) is 14.8. The van der Waals surface area contributed by atoms with E-state index in [0.717, 1.165) is 11.6 Å². The van der Waals surface area contributed by atoms with Crippen molar-refractivity contribution in [3.63, 3.8) is 0 Å². The zero-order valence-electron chi connectivity index (χ0n) is 11.3. The summed E-state index contributed by atoms with van der Waals surface area (Å²) in [6, 6.07) is 13.1. The second kappa shape index (κ2) is 5.52. The first-order chi connectivity index (χ1) is 10.1. The van der Waals surface area contributed by atoms with Crippen molar-refractivity contribution in [1.82, 2.24) is 4.90 Å². The molecule has 3 nitrogen and oxygen atoms in total. The predicted molar refractivity (Wildman–Crippen MR) is 77.6 cm³/mol. The molecule has 0 aliphatic carbocycles. The number of benzene rings is 2. The van der Waals surface area contributed by atoms with E-state index < -0.39 is 11.6 Å². The first-order valence-electron chi connectivity index (χ1n) is 6.70. The Labute approximate surface area is 121 Å². The molecule has 5 heteroatoms. The molecule has 1 atom stereocenters. The maximum atomic E-state index is 14.0. The minimum Gasteiger partial charge on any atom is -0.370 e. The van der Waals surface area contributed by atoms with Crippen LogP contribution in [0, 0.1) is 11.6 Å². The molecule has 3 rings (SSSR count). The summed E-state index contributed by atoms with van der Waals surface area (Å²) in [6.45, 7) is 0.916. The van der Waals surface area contributed by atoms with E-state index in [1.54, 1.807) is 0 Å². The van der Waals surface area contributed by atoms with E-state index in [4.69, 9.17) is 5.73 Å². The van der Waals surface area contributed by atoms with Gasteiger partial charge in [-0.15, -0.1) is 0 Å². The highest BCUT2D eigenvalue weighted by molar-refractivity contribution is 5.80. The molecule has 0 spiro atoms. The lowest BCUT2D eigenvalue weighted by atomic mass is 10.0. The summed E-state index contributed by atoms with van der Waals surface area (Å²) in [5, 5.41) is 0. The van der Waals surface area contributed by atoms with Crippen LogP contribution in [0.2, 0.25) is 0 Å². The summed E-state index contributed by atoms with van der Waals surface area (Å²) in [5.41, 5.74) is 7.39. The Morgan fingerprint density at radius 3 is 2.62 bits per heavy atom. The molecular weight excluding hydrogens is 272 g/mol. The van der Waals surface area contributed by atoms with Crippen LogP contribution < -0.4 is 5.73 Å². The van der Waals surface area contributed by atoms with Gasteiger partial charge in [0.1, 0.15) is 11.6 Å². The highest BCUT2D eigenvalue weighted by atomic mass is 19.1. The van der Waals surface area contributed by atoms with Crippen molar-refractivity contribution in [2.24, 2.45) is 10.7 Å². The fraction of sp³-hybridized carbons (Fsp3) is 0.188. The smallest absolute Gasteiger partial charge is 0.192 e. The SMILES string of the molecule is NC1=NCC(c2ccc(F)cc2F)N1Cc1ccccc1. The number of rotatable bonds is 3. The Morgan fingerprint density at radius 1 is 1.14 bits per heavy atom. The third-order valence-electron chi connectivity index (χ3n) is 3.61. The van der Waals surface area contributed by atoms with Gasteiger partial charge >= 0.3 is 0 Å². The molecule has 0 bridgehead atoms. The van der Waals surface area contributed by atoms with Crippen molar-refractivity contribution in [1.29, 1.82) is 0 Å². The van der Waals surface area contributed by atoms with Crippen molar-refractivity contribution < 1.29 is 8.78 Å². The average molecular weight is 287 g/mol. The van der Waals surface area contributed by atoms with Crippen LogP contribution in [0.25, 0.3) is 0 Å². The first-order valence-corrected chi connectivity index (χ1v) is 6.70. The maximum absolute atomic E-state index is 14.0. The molecule has 0 amide bonds. The minimum atomic E-state index is -0.585. The molecule has 0 radical (unpaired) electrons. The Hall–Kier alpha value is -2.43. The molecule has 2 N–H and O–H groups in total. The Morgan fingerprint density at radius 2 is 1.90 bits per heavy atom. The van der Waals surface area contributed by atoms with E-state index >= 15 is 0 Å². The lowest BCUT2D eigenvalue weighted by molar-refractivity contribution is 0.331. The van der Waals surface area contributed by atoms with Gasteiger partial charge in [-0.25, -0.2) is 8.78 Å². The molecule has 21 heavy (non-hydrogen) atoms. The van der Waals surface area contributed by atoms with Gasteiger partial charge in [0.15, 0.2) is 5.96 Å². The van der Waals surface area contributed by atoms with Gasteiger partial charge in [0.25, 0.3) is 0 Å². The fourth-order valence-corrected chi connectivity index (χ4v) is 2.54. The van der Waals surface area contributed by atoms with Crippen LogP contribution in [0.1, 0.15) is 17.2 Å². The summed E-state index contributed by atoms with van der Waals surface area (Å²) in [5.74, 6) is -0.770. The van der Waals surface area contributed by atoms with E-state index in [-0.39, 0.29) is 6.04 Å². The highest BCUT2D eigenvalue weighted by Crippen LogP contribution is 2.29. The number of hydrogen-bond acceptors (Lipinski definition) is 3. The van der Waals surface area contributed by atoms with Crippen LogP contribution in [0.5, 0.6) is 0 Å². The minimum absolute atomic E-state index is 0.300. The van der Waals surface area contributed by atoms with Gasteiger partial charge in [-0.3, -0.25) is 4.99 Å². The van der Waals surface area contributed by atoms with Gasteiger partial charge in [0.05, 0.1) is 12.6 Å². The number of aliphatic imine (C=N–C) groups is 1. The predicted octanol–water partition coefficient (Wildman–Crippen LogP) is 2.84. The van der Waals surface area contributed by atoms with E-state index in [9.17, 15) is 8.78 Å². The molecule has 1 heterocycles. The van der Waals surface area contributed by atoms with Gasteiger partial charge < -0.3 is 10.6 Å². The third-order valence-corrected chi connectivity index (χ3v) is 3.61. The molecule has 1 aliphatic rings. The molecule has 108 valence electrons. The van der Waals surface area contributed by atoms with Gasteiger partial charge in [0.2, 0.25) is 0 Å². The van der Waals surface area contributed by atoms with Gasteiger partial charge in [-0.2, -0.15) is 0 Å². The Balaban J connectivity index is 1.88. The number of nitrogens with zero attached hydrogens (tertiary/aromatic N) is 2. The van der Waals surface area contributed by atoms with Crippen molar-refractivity contribution in [2.45, 2.75) is 12.6 Å². The molecule has 0 saturated carbocycles. The quantitative estimate of drug-likeness (QED) is 0.943. The van der Waals surface area contributed by atoms with E-state index in [1.165, 1.54) is 12.1 Å². The number of hydrogen-bond donors (Lipinski definition) is 1. The first kappa shape index (κ1) is 13.5. The molecule has 0 aromatic heterocycles. The average Bonchev–Trinajstić information content (AvgIpc) is 2.82. The van der Waals surface area contributed by atoms with Gasteiger partial charge in [-0.05, 0) is 11.6 Å². The topological polar surface area (TPSA) is 41.6 Å². The van der Waals surface area contributed by atoms with Crippen molar-refractivity contribution in [3.8, 4) is 0 Å². The number of guanidine groups is 1. The van der Waals surface area contributed by atoms with Crippen LogP contribution in [0.15, 0.2) is 53.5 Å². The molecule has 0 saturated heterocycles. The maximum Gasteiger partial charge on any atom is 0.192 e. The molecule has 2 aromatic rings. The summed E-state index contributed by atoms with van der Waals surface area (Å²) >= 11 is 0. The Kier molecular flexibility index (Phi) is 3.56. The molecule has 0 fully saturated rings. The van der Waals surface area contributed by atoms with Crippen LogP contribution in [0.3, 0.4) is 0 Å². The lowest BCUT2D eigenvalue weighted by Gasteiger charge is -2.27. The summed E-state index contributed by atoms with van der Waals surface area (Å²) in [6.07, 6.45) is 0. The van der Waals surface area contributed by atoms with Gasteiger partial charge in [0, 0.05) is 18.2 Å². The van der Waals surface area contributed by atoms with Crippen molar-refractivity contribution >= 4 is 5.96 Å². The lowest BCUT2D eigenvalue weighted by Crippen LogP contribution is -2.35. The second-order valence-corrected chi connectivity index (χ2v) is 4.99. The fourth-order valence-electron chi connectivity index (χ4n) is 2.54. The Bertz CT molecular complexity index is 670. The summed E-state index contributed by atoms with van der Waals surface area (Å²) in [4.78, 5) is 6.03. The van der Waals surface area contributed by atoms with E-state index in [1.807, 2.05) is 35.2 Å². The number of halogens is 2. The van der Waals surface area contributed by atoms with Crippen molar-refractivity contribution in [3.05, 3.63) is 71.3 Å². The van der Waals surface area contributed by atoms with E-state index in [2.05, 4.69) is 4.99 Å². The second-order valence-electron chi connectivity index (χ2n) is 4.99. The highest BCUT2D eigenvalue weighted by Gasteiger charge is 2.29. The normalized spacial score (nSPS) is 17.9. The number of nitrogens with two attached hydrogens (primary N) is 1. The van der Waals surface area contributed by atoms with E-state index in [0.29, 0.717) is 24.6 Å². The standard InChI is InChI=1S/C16H15F2N3/c17-12-6-7-13(14(18)8-12)15-9-20-16(19)21(15)10-11-4-2-1-3-5-11/h1-8,15H,9-10H2,(H2,19,20). The van der Waals surface area contributed by atoms with Crippen LogP contribution in [-0.4, -0.2) is 17.4 Å². The van der Waals surface area contributed by atoms with Crippen molar-refractivity contribution in [2.75, 3.05) is 6.54 Å². The monoisotopic (exact) mass is 287 g/mol.